The lowest BCUT2D eigenvalue weighted by Gasteiger charge is -2.15. The summed E-state index contributed by atoms with van der Waals surface area (Å²) in [5.41, 5.74) is -0.684. The minimum Gasteiger partial charge on any atom is -0.489 e. The zero-order valence-corrected chi connectivity index (χ0v) is 15.3. The van der Waals surface area contributed by atoms with Gasteiger partial charge in [0.1, 0.15) is 23.9 Å². The number of carbonyl (C=O) groups is 1. The summed E-state index contributed by atoms with van der Waals surface area (Å²) < 4.78 is 62.6. The van der Waals surface area contributed by atoms with Crippen LogP contribution in [0.3, 0.4) is 0 Å². The van der Waals surface area contributed by atoms with E-state index in [1.165, 1.54) is 24.3 Å². The highest BCUT2D eigenvalue weighted by atomic mass is 19.4. The molecule has 0 atom stereocenters. The number of carbonyl (C=O) groups excluding carboxylic acids is 1. The predicted octanol–water partition coefficient (Wildman–Crippen LogP) is 3.60. The first-order chi connectivity index (χ1) is 13.7. The quantitative estimate of drug-likeness (QED) is 0.216. The third kappa shape index (κ3) is 6.58. The minimum atomic E-state index is -4.81. The Morgan fingerprint density at radius 1 is 1.21 bits per heavy atom. The summed E-state index contributed by atoms with van der Waals surface area (Å²) in [5.74, 6) is -1.46. The first kappa shape index (κ1) is 22.4. The van der Waals surface area contributed by atoms with E-state index in [1.54, 1.807) is 0 Å². The molecule has 2 N–H and O–H groups in total. The van der Waals surface area contributed by atoms with Crippen molar-refractivity contribution in [2.24, 2.45) is 0 Å². The smallest absolute Gasteiger partial charge is 0.419 e. The van der Waals surface area contributed by atoms with E-state index in [4.69, 9.17) is 14.6 Å². The number of hydrogen-bond donors (Lipinski definition) is 2. The predicted molar refractivity (Wildman–Crippen MR) is 96.8 cm³/mol. The molecule has 29 heavy (non-hydrogen) atoms. The maximum absolute atomic E-state index is 13.4. The van der Waals surface area contributed by atoms with Crippen LogP contribution in [0.5, 0.6) is 11.5 Å². The number of benzene rings is 2. The van der Waals surface area contributed by atoms with Crippen molar-refractivity contribution in [3.63, 3.8) is 0 Å². The summed E-state index contributed by atoms with van der Waals surface area (Å²) in [5, 5.41) is 11.8. The Morgan fingerprint density at radius 2 is 1.97 bits per heavy atom. The van der Waals surface area contributed by atoms with Gasteiger partial charge >= 0.3 is 12.1 Å². The number of halogens is 4. The number of hydrogen-bond acceptors (Lipinski definition) is 5. The molecule has 2 aromatic rings. The second-order valence-corrected chi connectivity index (χ2v) is 5.90. The second-order valence-electron chi connectivity index (χ2n) is 5.90. The van der Waals surface area contributed by atoms with Crippen LogP contribution in [0, 0.1) is 5.82 Å². The van der Waals surface area contributed by atoms with Crippen molar-refractivity contribution >= 4 is 5.97 Å². The summed E-state index contributed by atoms with van der Waals surface area (Å²) in [4.78, 5) is 11.3. The monoisotopic (exact) mass is 413 g/mol. The second kappa shape index (κ2) is 10.0. The van der Waals surface area contributed by atoms with Crippen LogP contribution in [0.25, 0.3) is 0 Å². The van der Waals surface area contributed by atoms with Gasteiger partial charge in [-0.2, -0.15) is 13.2 Å². The van der Waals surface area contributed by atoms with Gasteiger partial charge in [-0.05, 0) is 35.9 Å². The van der Waals surface area contributed by atoms with Gasteiger partial charge in [-0.25, -0.2) is 9.18 Å². The SMILES string of the molecule is C=CC(=O)Oc1ccc(OCc2ccc(F)c(C(F)(F)F)c2)c(CNCCO)c1. The molecule has 0 fully saturated rings. The molecule has 0 bridgehead atoms. The molecular formula is C20H19F4NO4. The van der Waals surface area contributed by atoms with Crippen LogP contribution in [-0.2, 0) is 24.1 Å². The maximum Gasteiger partial charge on any atom is 0.419 e. The zero-order chi connectivity index (χ0) is 21.4. The Bertz CT molecular complexity index is 868. The van der Waals surface area contributed by atoms with Gasteiger partial charge in [0.15, 0.2) is 0 Å². The van der Waals surface area contributed by atoms with Crippen molar-refractivity contribution in [2.75, 3.05) is 13.2 Å². The molecule has 0 heterocycles. The first-order valence-corrected chi connectivity index (χ1v) is 8.51. The Morgan fingerprint density at radius 3 is 2.62 bits per heavy atom. The normalized spacial score (nSPS) is 11.2. The molecule has 2 aromatic carbocycles. The fraction of sp³-hybridized carbons (Fsp3) is 0.250. The first-order valence-electron chi connectivity index (χ1n) is 8.51. The lowest BCUT2D eigenvalue weighted by molar-refractivity contribution is -0.140. The maximum atomic E-state index is 13.4. The molecule has 0 aliphatic rings. The van der Waals surface area contributed by atoms with Crippen LogP contribution in [0.1, 0.15) is 16.7 Å². The summed E-state index contributed by atoms with van der Waals surface area (Å²) >= 11 is 0. The third-order valence-electron chi connectivity index (χ3n) is 3.75. The molecule has 0 saturated heterocycles. The summed E-state index contributed by atoms with van der Waals surface area (Å²) in [6.07, 6.45) is -3.81. The number of ether oxygens (including phenoxy) is 2. The van der Waals surface area contributed by atoms with Crippen molar-refractivity contribution in [2.45, 2.75) is 19.3 Å². The van der Waals surface area contributed by atoms with Gasteiger partial charge in [0.2, 0.25) is 0 Å². The lowest BCUT2D eigenvalue weighted by atomic mass is 10.1. The van der Waals surface area contributed by atoms with Gasteiger partial charge < -0.3 is 19.9 Å². The average molecular weight is 413 g/mol. The van der Waals surface area contributed by atoms with Crippen molar-refractivity contribution in [1.29, 1.82) is 0 Å². The van der Waals surface area contributed by atoms with E-state index in [0.717, 1.165) is 12.1 Å². The number of rotatable bonds is 9. The Hall–Kier alpha value is -2.91. The molecule has 0 spiro atoms. The van der Waals surface area contributed by atoms with Crippen LogP contribution >= 0.6 is 0 Å². The number of alkyl halides is 3. The fourth-order valence-corrected chi connectivity index (χ4v) is 2.40. The summed E-state index contributed by atoms with van der Waals surface area (Å²) in [6, 6.07) is 7.11. The molecule has 2 rings (SSSR count). The molecule has 156 valence electrons. The molecule has 0 aromatic heterocycles. The van der Waals surface area contributed by atoms with Crippen LogP contribution in [0.15, 0.2) is 49.1 Å². The Balaban J connectivity index is 2.20. The summed E-state index contributed by atoms with van der Waals surface area (Å²) in [6.45, 7) is 3.51. The van der Waals surface area contributed by atoms with E-state index >= 15 is 0 Å². The molecule has 0 unspecified atom stereocenters. The number of aliphatic hydroxyl groups excluding tert-OH is 1. The number of esters is 1. The molecular weight excluding hydrogens is 394 g/mol. The van der Waals surface area contributed by atoms with Gasteiger partial charge in [0.25, 0.3) is 0 Å². The van der Waals surface area contributed by atoms with Gasteiger partial charge in [0.05, 0.1) is 12.2 Å². The lowest BCUT2D eigenvalue weighted by Crippen LogP contribution is -2.18. The Kier molecular flexibility index (Phi) is 7.74. The van der Waals surface area contributed by atoms with Crippen molar-refractivity contribution in [1.82, 2.24) is 5.32 Å². The molecule has 9 heteroatoms. The van der Waals surface area contributed by atoms with Crippen LogP contribution in [-0.4, -0.2) is 24.2 Å². The zero-order valence-electron chi connectivity index (χ0n) is 15.3. The van der Waals surface area contributed by atoms with Crippen LogP contribution in [0.4, 0.5) is 17.6 Å². The van der Waals surface area contributed by atoms with Gasteiger partial charge in [-0.1, -0.05) is 12.6 Å². The van der Waals surface area contributed by atoms with E-state index in [9.17, 15) is 22.4 Å². The van der Waals surface area contributed by atoms with Crippen molar-refractivity contribution in [3.05, 3.63) is 71.6 Å². The molecule has 0 amide bonds. The highest BCUT2D eigenvalue weighted by Gasteiger charge is 2.34. The fourth-order valence-electron chi connectivity index (χ4n) is 2.40. The molecule has 5 nitrogen and oxygen atoms in total. The molecule has 0 aliphatic carbocycles. The van der Waals surface area contributed by atoms with Crippen LogP contribution in [0.2, 0.25) is 0 Å². The van der Waals surface area contributed by atoms with E-state index in [2.05, 4.69) is 11.9 Å². The molecule has 0 radical (unpaired) electrons. The largest absolute Gasteiger partial charge is 0.489 e. The third-order valence-corrected chi connectivity index (χ3v) is 3.75. The van der Waals surface area contributed by atoms with E-state index in [1.807, 2.05) is 0 Å². The van der Waals surface area contributed by atoms with E-state index < -0.39 is 23.5 Å². The van der Waals surface area contributed by atoms with Crippen molar-refractivity contribution < 1.29 is 36.9 Å². The van der Waals surface area contributed by atoms with Crippen molar-refractivity contribution in [3.8, 4) is 11.5 Å². The van der Waals surface area contributed by atoms with Gasteiger partial charge in [-0.15, -0.1) is 0 Å². The Labute approximate surface area is 164 Å². The highest BCUT2D eigenvalue weighted by molar-refractivity contribution is 5.83. The van der Waals surface area contributed by atoms with Gasteiger partial charge in [-0.3, -0.25) is 0 Å². The average Bonchev–Trinajstić information content (AvgIpc) is 2.67. The summed E-state index contributed by atoms with van der Waals surface area (Å²) in [7, 11) is 0. The van der Waals surface area contributed by atoms with Gasteiger partial charge in [0, 0.05) is 24.7 Å². The number of aliphatic hydroxyl groups is 1. The minimum absolute atomic E-state index is 0.100. The topological polar surface area (TPSA) is 67.8 Å². The standard InChI is InChI=1S/C20H19F4NO4/c1-2-19(27)29-15-4-6-18(14(10-15)11-25-7-8-26)28-12-13-3-5-17(21)16(9-13)20(22,23)24/h2-6,9-10,25-26H,1,7-8,11-12H2. The molecule has 0 saturated carbocycles. The highest BCUT2D eigenvalue weighted by Crippen LogP contribution is 2.32. The molecule has 0 aliphatic heterocycles. The van der Waals surface area contributed by atoms with E-state index in [-0.39, 0.29) is 31.1 Å². The van der Waals surface area contributed by atoms with Crippen LogP contribution < -0.4 is 14.8 Å². The number of nitrogens with one attached hydrogen (secondary N) is 1. The van der Waals surface area contributed by atoms with E-state index in [0.29, 0.717) is 23.9 Å².